The summed E-state index contributed by atoms with van der Waals surface area (Å²) < 4.78 is 5.14. The number of piperazine rings is 1. The quantitative estimate of drug-likeness (QED) is 0.784. The number of methoxy groups -OCH3 is 1. The Hall–Kier alpha value is -1.39. The van der Waals surface area contributed by atoms with E-state index in [1.54, 1.807) is 7.11 Å². The molecule has 2 atom stereocenters. The van der Waals surface area contributed by atoms with E-state index in [0.717, 1.165) is 43.8 Å². The molecule has 2 unspecified atom stereocenters. The zero-order valence-electron chi connectivity index (χ0n) is 14.2. The molecule has 22 heavy (non-hydrogen) atoms. The summed E-state index contributed by atoms with van der Waals surface area (Å²) in [7, 11) is 1.74. The molecule has 1 aromatic rings. The van der Waals surface area contributed by atoms with E-state index in [4.69, 9.17) is 4.74 Å². The molecule has 0 bridgehead atoms. The molecule has 2 rings (SSSR count). The van der Waals surface area contributed by atoms with Crippen molar-refractivity contribution in [2.24, 2.45) is 0 Å². The van der Waals surface area contributed by atoms with Crippen molar-refractivity contribution in [3.05, 3.63) is 35.4 Å². The number of ether oxygens (including phenoxy) is 1. The van der Waals surface area contributed by atoms with Crippen LogP contribution in [0.5, 0.6) is 0 Å². The average molecular weight is 304 g/mol. The Morgan fingerprint density at radius 2 is 1.95 bits per heavy atom. The highest BCUT2D eigenvalue weighted by Crippen LogP contribution is 2.18. The van der Waals surface area contributed by atoms with E-state index in [-0.39, 0.29) is 5.91 Å². The van der Waals surface area contributed by atoms with E-state index in [2.05, 4.69) is 18.7 Å². The first-order valence-electron chi connectivity index (χ1n) is 8.13. The summed E-state index contributed by atoms with van der Waals surface area (Å²) in [6.45, 7) is 9.85. The molecule has 0 spiro atoms. The van der Waals surface area contributed by atoms with E-state index >= 15 is 0 Å². The highest BCUT2D eigenvalue weighted by atomic mass is 16.5. The Morgan fingerprint density at radius 3 is 2.55 bits per heavy atom. The van der Waals surface area contributed by atoms with Gasteiger partial charge in [-0.25, -0.2) is 0 Å². The van der Waals surface area contributed by atoms with Crippen LogP contribution in [0, 0.1) is 6.92 Å². The molecule has 1 aliphatic heterocycles. The number of hydrogen-bond donors (Lipinski definition) is 0. The van der Waals surface area contributed by atoms with Crippen molar-refractivity contribution in [1.82, 2.24) is 9.80 Å². The Kier molecular flexibility index (Phi) is 5.98. The van der Waals surface area contributed by atoms with E-state index in [1.165, 1.54) is 0 Å². The Bertz CT molecular complexity index is 492. The monoisotopic (exact) mass is 304 g/mol. The normalized spacial score (nSPS) is 22.8. The largest absolute Gasteiger partial charge is 0.385 e. The van der Waals surface area contributed by atoms with Crippen LogP contribution in [0.25, 0.3) is 0 Å². The molecule has 0 aromatic heterocycles. The minimum atomic E-state index is 0.152. The van der Waals surface area contributed by atoms with Gasteiger partial charge in [-0.2, -0.15) is 0 Å². The van der Waals surface area contributed by atoms with Gasteiger partial charge in [-0.15, -0.1) is 0 Å². The summed E-state index contributed by atoms with van der Waals surface area (Å²) in [6, 6.07) is 8.63. The fraction of sp³-hybridized carbons (Fsp3) is 0.611. The maximum Gasteiger partial charge on any atom is 0.253 e. The van der Waals surface area contributed by atoms with Crippen molar-refractivity contribution >= 4 is 5.91 Å². The molecule has 0 saturated carbocycles. The number of amides is 1. The van der Waals surface area contributed by atoms with Crippen LogP contribution >= 0.6 is 0 Å². The third-order valence-electron chi connectivity index (χ3n) is 4.42. The van der Waals surface area contributed by atoms with Crippen molar-refractivity contribution in [1.29, 1.82) is 0 Å². The highest BCUT2D eigenvalue weighted by molar-refractivity contribution is 5.94. The minimum absolute atomic E-state index is 0.152. The zero-order valence-corrected chi connectivity index (χ0v) is 14.2. The second-order valence-corrected chi connectivity index (χ2v) is 6.36. The number of aryl methyl sites for hydroxylation is 1. The van der Waals surface area contributed by atoms with Gasteiger partial charge in [-0.3, -0.25) is 9.69 Å². The lowest BCUT2D eigenvalue weighted by atomic mass is 10.1. The van der Waals surface area contributed by atoms with Crippen molar-refractivity contribution in [2.75, 3.05) is 33.4 Å². The molecule has 1 fully saturated rings. The zero-order chi connectivity index (χ0) is 16.1. The lowest BCUT2D eigenvalue weighted by molar-refractivity contribution is 0.0270. The SMILES string of the molecule is COCCCN1C(C)CN(C(=O)c2cccc(C)c2)CC1C. The summed E-state index contributed by atoms with van der Waals surface area (Å²) >= 11 is 0. The predicted molar refractivity (Wildman–Crippen MR) is 89.2 cm³/mol. The smallest absolute Gasteiger partial charge is 0.253 e. The van der Waals surface area contributed by atoms with Crippen LogP contribution in [0.4, 0.5) is 0 Å². The summed E-state index contributed by atoms with van der Waals surface area (Å²) in [5, 5.41) is 0. The van der Waals surface area contributed by atoms with Gasteiger partial charge in [0.1, 0.15) is 0 Å². The number of nitrogens with zero attached hydrogens (tertiary/aromatic N) is 2. The first kappa shape index (κ1) is 17.0. The van der Waals surface area contributed by atoms with E-state index in [9.17, 15) is 4.79 Å². The molecule has 0 radical (unpaired) electrons. The van der Waals surface area contributed by atoms with Crippen LogP contribution in [0.3, 0.4) is 0 Å². The molecule has 4 nitrogen and oxygen atoms in total. The number of carbonyl (C=O) groups is 1. The summed E-state index contributed by atoms with van der Waals surface area (Å²) in [5.74, 6) is 0.152. The number of benzene rings is 1. The molecule has 1 amide bonds. The van der Waals surface area contributed by atoms with Crippen molar-refractivity contribution in [2.45, 2.75) is 39.3 Å². The van der Waals surface area contributed by atoms with Crippen LogP contribution in [-0.4, -0.2) is 61.1 Å². The lowest BCUT2D eigenvalue weighted by Gasteiger charge is -2.44. The first-order chi connectivity index (χ1) is 10.5. The molecular formula is C18H28N2O2. The third-order valence-corrected chi connectivity index (χ3v) is 4.42. The van der Waals surface area contributed by atoms with Gasteiger partial charge in [0, 0.05) is 51.0 Å². The Labute approximate surface area is 134 Å². The van der Waals surface area contributed by atoms with Crippen LogP contribution < -0.4 is 0 Å². The molecule has 0 N–H and O–H groups in total. The van der Waals surface area contributed by atoms with Gasteiger partial charge >= 0.3 is 0 Å². The maximum absolute atomic E-state index is 12.7. The molecule has 1 saturated heterocycles. The molecular weight excluding hydrogens is 276 g/mol. The topological polar surface area (TPSA) is 32.8 Å². The number of carbonyl (C=O) groups excluding carboxylic acids is 1. The van der Waals surface area contributed by atoms with Crippen LogP contribution in [0.2, 0.25) is 0 Å². The lowest BCUT2D eigenvalue weighted by Crippen LogP contribution is -2.58. The fourth-order valence-electron chi connectivity index (χ4n) is 3.32. The number of rotatable bonds is 5. The molecule has 1 aromatic carbocycles. The van der Waals surface area contributed by atoms with Gasteiger partial charge in [-0.1, -0.05) is 17.7 Å². The number of hydrogen-bond acceptors (Lipinski definition) is 3. The van der Waals surface area contributed by atoms with E-state index < -0.39 is 0 Å². The fourth-order valence-corrected chi connectivity index (χ4v) is 3.32. The van der Waals surface area contributed by atoms with E-state index in [1.807, 2.05) is 36.1 Å². The van der Waals surface area contributed by atoms with Crippen molar-refractivity contribution < 1.29 is 9.53 Å². The van der Waals surface area contributed by atoms with Gasteiger partial charge in [-0.05, 0) is 39.3 Å². The van der Waals surface area contributed by atoms with Crippen molar-refractivity contribution in [3.8, 4) is 0 Å². The second kappa shape index (κ2) is 7.75. The molecule has 122 valence electrons. The average Bonchev–Trinajstić information content (AvgIpc) is 2.49. The van der Waals surface area contributed by atoms with Crippen LogP contribution in [0.1, 0.15) is 36.2 Å². The molecule has 4 heteroatoms. The Balaban J connectivity index is 1.99. The molecule has 1 aliphatic rings. The predicted octanol–water partition coefficient (Wildman–Crippen LogP) is 2.57. The Morgan fingerprint density at radius 1 is 1.27 bits per heavy atom. The summed E-state index contributed by atoms with van der Waals surface area (Å²) in [4.78, 5) is 17.2. The van der Waals surface area contributed by atoms with Crippen molar-refractivity contribution in [3.63, 3.8) is 0 Å². The van der Waals surface area contributed by atoms with Gasteiger partial charge in [0.05, 0.1) is 0 Å². The molecule has 0 aliphatic carbocycles. The summed E-state index contributed by atoms with van der Waals surface area (Å²) in [6.07, 6.45) is 1.04. The van der Waals surface area contributed by atoms with Crippen LogP contribution in [-0.2, 0) is 4.74 Å². The highest BCUT2D eigenvalue weighted by Gasteiger charge is 2.31. The second-order valence-electron chi connectivity index (χ2n) is 6.36. The third kappa shape index (κ3) is 4.08. The maximum atomic E-state index is 12.7. The van der Waals surface area contributed by atoms with Gasteiger partial charge in [0.2, 0.25) is 0 Å². The minimum Gasteiger partial charge on any atom is -0.385 e. The molecule has 1 heterocycles. The van der Waals surface area contributed by atoms with Gasteiger partial charge in [0.25, 0.3) is 5.91 Å². The summed E-state index contributed by atoms with van der Waals surface area (Å²) in [5.41, 5.74) is 1.93. The van der Waals surface area contributed by atoms with Gasteiger partial charge in [0.15, 0.2) is 0 Å². The standard InChI is InChI=1S/C18H28N2O2/c1-14-7-5-8-17(11-14)18(21)19-12-15(2)20(16(3)13-19)9-6-10-22-4/h5,7-8,11,15-16H,6,9-10,12-13H2,1-4H3. The van der Waals surface area contributed by atoms with Crippen LogP contribution in [0.15, 0.2) is 24.3 Å². The van der Waals surface area contributed by atoms with E-state index in [0.29, 0.717) is 12.1 Å². The van der Waals surface area contributed by atoms with Gasteiger partial charge < -0.3 is 9.64 Å². The first-order valence-corrected chi connectivity index (χ1v) is 8.13.